The summed E-state index contributed by atoms with van der Waals surface area (Å²) in [4.78, 5) is 0. The predicted octanol–water partition coefficient (Wildman–Crippen LogP) is 5.34. The van der Waals surface area contributed by atoms with Crippen LogP contribution in [0.2, 0.25) is 0 Å². The van der Waals surface area contributed by atoms with Crippen molar-refractivity contribution in [2.45, 2.75) is 19.4 Å². The summed E-state index contributed by atoms with van der Waals surface area (Å²) in [6.45, 7) is 4.21. The fourth-order valence-electron chi connectivity index (χ4n) is 2.57. The number of halogens is 2. The lowest BCUT2D eigenvalue weighted by Crippen LogP contribution is -2.27. The molecule has 0 saturated heterocycles. The van der Waals surface area contributed by atoms with Gasteiger partial charge in [-0.25, -0.2) is 4.52 Å². The molecule has 0 spiro atoms. The summed E-state index contributed by atoms with van der Waals surface area (Å²) in [5.41, 5.74) is -0.335. The van der Waals surface area contributed by atoms with E-state index in [0.717, 1.165) is 8.71 Å². The van der Waals surface area contributed by atoms with Crippen molar-refractivity contribution >= 4 is 50.0 Å². The van der Waals surface area contributed by atoms with Crippen molar-refractivity contribution in [2.75, 3.05) is 0 Å². The minimum Gasteiger partial charge on any atom is -0.210 e. The third-order valence-electron chi connectivity index (χ3n) is 3.59. The van der Waals surface area contributed by atoms with Crippen molar-refractivity contribution in [3.05, 3.63) is 69.4 Å². The van der Waals surface area contributed by atoms with Crippen molar-refractivity contribution in [3.63, 3.8) is 0 Å². The standard InChI is InChI=1S/C17H16Br2OP/c1-17(2)15(18)16(19)21(20-17,13-9-5-3-6-10-13)14-11-7-4-8-12-14/h3-12H,1-2H3/q+1. The van der Waals surface area contributed by atoms with E-state index in [1.807, 2.05) is 12.1 Å². The molecule has 1 heterocycles. The largest absolute Gasteiger partial charge is 0.251 e. The van der Waals surface area contributed by atoms with E-state index in [1.165, 1.54) is 10.6 Å². The normalized spacial score (nSPS) is 19.8. The fraction of sp³-hybridized carbons (Fsp3) is 0.176. The predicted molar refractivity (Wildman–Crippen MR) is 99.1 cm³/mol. The molecule has 0 aliphatic carbocycles. The molecule has 0 N–H and O–H groups in total. The minimum absolute atomic E-state index is 0.335. The molecule has 0 fully saturated rings. The van der Waals surface area contributed by atoms with Crippen LogP contribution in [0.3, 0.4) is 0 Å². The molecule has 0 amide bonds. The summed E-state index contributed by atoms with van der Waals surface area (Å²) in [6, 6.07) is 21.0. The highest BCUT2D eigenvalue weighted by atomic mass is 79.9. The van der Waals surface area contributed by atoms with E-state index < -0.39 is 7.49 Å². The van der Waals surface area contributed by atoms with Gasteiger partial charge in [0.05, 0.1) is 4.48 Å². The number of hydrogen-bond acceptors (Lipinski definition) is 1. The van der Waals surface area contributed by atoms with Crippen LogP contribution in [-0.4, -0.2) is 5.60 Å². The lowest BCUT2D eigenvalue weighted by molar-refractivity contribution is 0.191. The summed E-state index contributed by atoms with van der Waals surface area (Å²) >= 11 is 7.56. The second-order valence-corrected chi connectivity index (χ2v) is 10.6. The molecule has 1 aliphatic heterocycles. The molecular weight excluding hydrogens is 411 g/mol. The minimum atomic E-state index is -2.07. The maximum Gasteiger partial charge on any atom is 0.251 e. The second kappa shape index (κ2) is 5.62. The molecule has 0 unspecified atom stereocenters. The molecule has 2 aromatic rings. The lowest BCUT2D eigenvalue weighted by Gasteiger charge is -2.24. The first-order chi connectivity index (χ1) is 9.98. The molecule has 0 radical (unpaired) electrons. The van der Waals surface area contributed by atoms with Gasteiger partial charge in [0.25, 0.3) is 7.49 Å². The Labute approximate surface area is 143 Å². The second-order valence-electron chi connectivity index (χ2n) is 5.49. The number of hydrogen-bond donors (Lipinski definition) is 0. The third kappa shape index (κ3) is 2.45. The molecule has 0 atom stereocenters. The van der Waals surface area contributed by atoms with Gasteiger partial charge in [0, 0.05) is 0 Å². The third-order valence-corrected chi connectivity index (χ3v) is 11.2. The molecule has 108 valence electrons. The van der Waals surface area contributed by atoms with E-state index in [4.69, 9.17) is 4.52 Å². The number of rotatable bonds is 2. The van der Waals surface area contributed by atoms with Gasteiger partial charge in [-0.15, -0.1) is 0 Å². The molecule has 1 nitrogen and oxygen atoms in total. The Hall–Kier alpha value is -0.470. The van der Waals surface area contributed by atoms with Gasteiger partial charge in [-0.3, -0.25) is 0 Å². The van der Waals surface area contributed by atoms with Gasteiger partial charge in [0.2, 0.25) is 0 Å². The first kappa shape index (κ1) is 15.4. The van der Waals surface area contributed by atoms with Gasteiger partial charge in [-0.1, -0.05) is 36.4 Å². The summed E-state index contributed by atoms with van der Waals surface area (Å²) in [6.07, 6.45) is 0. The average molecular weight is 427 g/mol. The Balaban J connectivity index is 2.29. The molecule has 2 aromatic carbocycles. The van der Waals surface area contributed by atoms with Crippen LogP contribution >= 0.6 is 39.3 Å². The fourth-order valence-corrected chi connectivity index (χ4v) is 8.99. The summed E-state index contributed by atoms with van der Waals surface area (Å²) in [5.74, 6) is 0. The Kier molecular flexibility index (Phi) is 4.13. The molecule has 1 aliphatic rings. The zero-order valence-corrected chi connectivity index (χ0v) is 16.0. The number of benzene rings is 2. The summed E-state index contributed by atoms with van der Waals surface area (Å²) in [5, 5.41) is 2.45. The smallest absolute Gasteiger partial charge is 0.210 e. The molecule has 21 heavy (non-hydrogen) atoms. The van der Waals surface area contributed by atoms with E-state index in [1.54, 1.807) is 0 Å². The van der Waals surface area contributed by atoms with Gasteiger partial charge < -0.3 is 0 Å². The maximum atomic E-state index is 6.68. The highest BCUT2D eigenvalue weighted by molar-refractivity contribution is 9.15. The van der Waals surface area contributed by atoms with E-state index in [0.29, 0.717) is 0 Å². The Morgan fingerprint density at radius 2 is 1.24 bits per heavy atom. The molecule has 0 saturated carbocycles. The highest BCUT2D eigenvalue weighted by Crippen LogP contribution is 2.75. The zero-order chi connectivity index (χ0) is 15.1. The highest BCUT2D eigenvalue weighted by Gasteiger charge is 2.60. The van der Waals surface area contributed by atoms with Crippen molar-refractivity contribution < 1.29 is 4.52 Å². The van der Waals surface area contributed by atoms with Gasteiger partial charge in [-0.2, -0.15) is 0 Å². The van der Waals surface area contributed by atoms with Gasteiger partial charge in [-0.05, 0) is 70.0 Å². The Morgan fingerprint density at radius 3 is 1.57 bits per heavy atom. The van der Waals surface area contributed by atoms with Crippen LogP contribution in [0.1, 0.15) is 13.8 Å². The van der Waals surface area contributed by atoms with Crippen LogP contribution in [-0.2, 0) is 4.52 Å². The molecule has 0 bridgehead atoms. The average Bonchev–Trinajstić information content (AvgIpc) is 2.70. The quantitative estimate of drug-likeness (QED) is 0.589. The van der Waals surface area contributed by atoms with Crippen LogP contribution in [0.4, 0.5) is 0 Å². The van der Waals surface area contributed by atoms with Crippen LogP contribution < -0.4 is 10.6 Å². The van der Waals surface area contributed by atoms with Gasteiger partial charge in [0.15, 0.2) is 4.22 Å². The first-order valence-corrected chi connectivity index (χ1v) is 10.0. The van der Waals surface area contributed by atoms with Gasteiger partial charge >= 0.3 is 0 Å². The maximum absolute atomic E-state index is 6.68. The SMILES string of the molecule is CC1(C)O[P+](c2ccccc2)(c2ccccc2)C(Br)=C1Br. The zero-order valence-electron chi connectivity index (χ0n) is 11.9. The van der Waals surface area contributed by atoms with Crippen molar-refractivity contribution in [2.24, 2.45) is 0 Å². The summed E-state index contributed by atoms with van der Waals surface area (Å²) < 4.78 is 8.91. The molecule has 3 rings (SSSR count). The molecule has 4 heteroatoms. The lowest BCUT2D eigenvalue weighted by atomic mass is 10.1. The van der Waals surface area contributed by atoms with Crippen LogP contribution in [0.25, 0.3) is 0 Å². The van der Waals surface area contributed by atoms with Crippen LogP contribution in [0, 0.1) is 0 Å². The van der Waals surface area contributed by atoms with Crippen LogP contribution in [0.15, 0.2) is 69.4 Å². The topological polar surface area (TPSA) is 9.23 Å². The van der Waals surface area contributed by atoms with Crippen molar-refractivity contribution in [3.8, 4) is 0 Å². The Morgan fingerprint density at radius 1 is 0.810 bits per heavy atom. The Bertz CT molecular complexity index is 641. The summed E-state index contributed by atoms with van der Waals surface area (Å²) in [7, 11) is -2.07. The monoisotopic (exact) mass is 425 g/mol. The van der Waals surface area contributed by atoms with E-state index in [2.05, 4.69) is 94.2 Å². The van der Waals surface area contributed by atoms with Crippen molar-refractivity contribution in [1.82, 2.24) is 0 Å². The van der Waals surface area contributed by atoms with E-state index in [-0.39, 0.29) is 5.60 Å². The molecular formula is C17H16Br2OP+. The van der Waals surface area contributed by atoms with Crippen LogP contribution in [0.5, 0.6) is 0 Å². The molecule has 0 aromatic heterocycles. The van der Waals surface area contributed by atoms with Crippen molar-refractivity contribution in [1.29, 1.82) is 0 Å². The van der Waals surface area contributed by atoms with Gasteiger partial charge in [0.1, 0.15) is 16.2 Å². The van der Waals surface area contributed by atoms with E-state index in [9.17, 15) is 0 Å². The first-order valence-electron chi connectivity index (χ1n) is 6.76. The van der Waals surface area contributed by atoms with E-state index >= 15 is 0 Å².